The number of benzene rings is 1. The fraction of sp³-hybridized carbons (Fsp3) is 0. The molecule has 2 aromatic heterocycles. The Morgan fingerprint density at radius 2 is 2.06 bits per heavy atom. The van der Waals surface area contributed by atoms with Crippen molar-refractivity contribution >= 4 is 50.0 Å². The number of rotatable bonds is 2. The van der Waals surface area contributed by atoms with Crippen LogP contribution in [0.1, 0.15) is 9.67 Å². The maximum absolute atomic E-state index is 12.1. The van der Waals surface area contributed by atoms with Gasteiger partial charge in [0.15, 0.2) is 0 Å². The highest BCUT2D eigenvalue weighted by Crippen LogP contribution is 2.33. The zero-order chi connectivity index (χ0) is 12.5. The summed E-state index contributed by atoms with van der Waals surface area (Å²) < 4.78 is 1.03. The van der Waals surface area contributed by atoms with Crippen molar-refractivity contribution in [1.29, 1.82) is 0 Å². The van der Waals surface area contributed by atoms with E-state index in [9.17, 15) is 4.79 Å². The van der Waals surface area contributed by atoms with Gasteiger partial charge in [0, 0.05) is 15.5 Å². The summed E-state index contributed by atoms with van der Waals surface area (Å²) in [5.41, 5.74) is 7.39. The lowest BCUT2D eigenvalue weighted by molar-refractivity contribution is 0.103. The van der Waals surface area contributed by atoms with Crippen LogP contribution >= 0.6 is 22.7 Å². The van der Waals surface area contributed by atoms with Crippen molar-refractivity contribution < 1.29 is 4.79 Å². The summed E-state index contributed by atoms with van der Waals surface area (Å²) in [6, 6.07) is 9.64. The average molecular weight is 274 g/mol. The zero-order valence-corrected chi connectivity index (χ0v) is 11.0. The van der Waals surface area contributed by atoms with Gasteiger partial charge in [-0.05, 0) is 17.5 Å². The maximum atomic E-state index is 12.1. The first-order chi connectivity index (χ1) is 8.75. The van der Waals surface area contributed by atoms with Crippen molar-refractivity contribution in [2.24, 2.45) is 0 Å². The molecule has 0 atom stereocenters. The van der Waals surface area contributed by atoms with E-state index >= 15 is 0 Å². The van der Waals surface area contributed by atoms with E-state index in [1.54, 1.807) is 11.3 Å². The van der Waals surface area contributed by atoms with E-state index in [0.717, 1.165) is 15.8 Å². The minimum Gasteiger partial charge on any atom is -0.397 e. The van der Waals surface area contributed by atoms with Crippen molar-refractivity contribution in [3.05, 3.63) is 46.0 Å². The van der Waals surface area contributed by atoms with Gasteiger partial charge in [-0.1, -0.05) is 18.2 Å². The Morgan fingerprint density at radius 1 is 1.22 bits per heavy atom. The molecule has 0 saturated carbocycles. The van der Waals surface area contributed by atoms with E-state index in [2.05, 4.69) is 5.32 Å². The van der Waals surface area contributed by atoms with Crippen LogP contribution in [0.4, 0.5) is 11.4 Å². The standard InChI is InChI=1S/C13H10N2OS2/c14-11-9-3-1-2-4-10(9)18-12(11)13(16)15-8-5-6-17-7-8/h1-7H,14H2,(H,15,16). The molecule has 1 aromatic carbocycles. The predicted molar refractivity (Wildman–Crippen MR) is 78.5 cm³/mol. The van der Waals surface area contributed by atoms with E-state index in [1.807, 2.05) is 41.1 Å². The van der Waals surface area contributed by atoms with Gasteiger partial charge in [0.25, 0.3) is 5.91 Å². The van der Waals surface area contributed by atoms with Crippen LogP contribution in [0.2, 0.25) is 0 Å². The second-order valence-electron chi connectivity index (χ2n) is 3.81. The van der Waals surface area contributed by atoms with Crippen molar-refractivity contribution in [2.45, 2.75) is 0 Å². The summed E-state index contributed by atoms with van der Waals surface area (Å²) in [6.07, 6.45) is 0. The topological polar surface area (TPSA) is 55.1 Å². The molecule has 90 valence electrons. The normalized spacial score (nSPS) is 10.7. The summed E-state index contributed by atoms with van der Waals surface area (Å²) in [6.45, 7) is 0. The molecular weight excluding hydrogens is 264 g/mol. The van der Waals surface area contributed by atoms with Gasteiger partial charge in [-0.3, -0.25) is 4.79 Å². The van der Waals surface area contributed by atoms with Crippen LogP contribution in [0.25, 0.3) is 10.1 Å². The lowest BCUT2D eigenvalue weighted by Gasteiger charge is -2.00. The minimum absolute atomic E-state index is 0.146. The molecule has 5 heteroatoms. The Kier molecular flexibility index (Phi) is 2.77. The number of amides is 1. The third-order valence-corrected chi connectivity index (χ3v) is 4.49. The second kappa shape index (κ2) is 4.44. The number of carbonyl (C=O) groups excluding carboxylic acids is 1. The molecule has 0 unspecified atom stereocenters. The van der Waals surface area contributed by atoms with E-state index in [-0.39, 0.29) is 5.91 Å². The number of fused-ring (bicyclic) bond motifs is 1. The number of anilines is 2. The number of nitrogens with one attached hydrogen (secondary N) is 1. The third kappa shape index (κ3) is 1.87. The minimum atomic E-state index is -0.146. The second-order valence-corrected chi connectivity index (χ2v) is 5.64. The van der Waals surface area contributed by atoms with Crippen LogP contribution < -0.4 is 11.1 Å². The first kappa shape index (κ1) is 11.3. The number of hydrogen-bond acceptors (Lipinski definition) is 4. The molecule has 2 heterocycles. The third-order valence-electron chi connectivity index (χ3n) is 2.62. The molecule has 0 spiro atoms. The largest absolute Gasteiger partial charge is 0.397 e. The van der Waals surface area contributed by atoms with Gasteiger partial charge in [-0.15, -0.1) is 11.3 Å². The summed E-state index contributed by atoms with van der Waals surface area (Å²) in [5.74, 6) is -0.146. The fourth-order valence-electron chi connectivity index (χ4n) is 1.76. The molecule has 3 nitrogen and oxygen atoms in total. The Labute approximate surface area is 112 Å². The molecule has 3 rings (SSSR count). The number of hydrogen-bond donors (Lipinski definition) is 2. The van der Waals surface area contributed by atoms with E-state index in [0.29, 0.717) is 10.6 Å². The number of thiophene rings is 2. The van der Waals surface area contributed by atoms with Crippen LogP contribution in [0.15, 0.2) is 41.1 Å². The van der Waals surface area contributed by atoms with E-state index in [1.165, 1.54) is 11.3 Å². The highest BCUT2D eigenvalue weighted by atomic mass is 32.1. The molecule has 0 aliphatic heterocycles. The number of carbonyl (C=O) groups is 1. The maximum Gasteiger partial charge on any atom is 0.267 e. The summed E-state index contributed by atoms with van der Waals surface area (Å²) in [4.78, 5) is 12.7. The molecular formula is C13H10N2OS2. The molecule has 18 heavy (non-hydrogen) atoms. The van der Waals surface area contributed by atoms with Gasteiger partial charge >= 0.3 is 0 Å². The molecule has 0 bridgehead atoms. The smallest absolute Gasteiger partial charge is 0.267 e. The Bertz CT molecular complexity index is 701. The number of nitrogen functional groups attached to an aromatic ring is 1. The Morgan fingerprint density at radius 3 is 2.78 bits per heavy atom. The monoisotopic (exact) mass is 274 g/mol. The average Bonchev–Trinajstić information content (AvgIpc) is 2.98. The molecule has 3 N–H and O–H groups in total. The highest BCUT2D eigenvalue weighted by Gasteiger charge is 2.16. The van der Waals surface area contributed by atoms with Gasteiger partial charge in [0.1, 0.15) is 4.88 Å². The Hall–Kier alpha value is -1.85. The SMILES string of the molecule is Nc1c(C(=O)Nc2ccsc2)sc2ccccc12. The van der Waals surface area contributed by atoms with Crippen molar-refractivity contribution in [3.8, 4) is 0 Å². The summed E-state index contributed by atoms with van der Waals surface area (Å²) in [7, 11) is 0. The van der Waals surface area contributed by atoms with Crippen LogP contribution in [-0.4, -0.2) is 5.91 Å². The quantitative estimate of drug-likeness (QED) is 0.747. The van der Waals surface area contributed by atoms with Crippen LogP contribution in [0.5, 0.6) is 0 Å². The zero-order valence-electron chi connectivity index (χ0n) is 9.34. The Balaban J connectivity index is 1.99. The molecule has 1 amide bonds. The number of nitrogens with two attached hydrogens (primary N) is 1. The first-order valence-corrected chi connectivity index (χ1v) is 7.12. The van der Waals surface area contributed by atoms with Crippen LogP contribution in [0, 0.1) is 0 Å². The molecule has 0 radical (unpaired) electrons. The van der Waals surface area contributed by atoms with Gasteiger partial charge in [0.05, 0.1) is 11.4 Å². The van der Waals surface area contributed by atoms with Gasteiger partial charge in [-0.25, -0.2) is 0 Å². The molecule has 0 aliphatic rings. The van der Waals surface area contributed by atoms with Gasteiger partial charge in [0.2, 0.25) is 0 Å². The van der Waals surface area contributed by atoms with Gasteiger partial charge in [-0.2, -0.15) is 11.3 Å². The van der Waals surface area contributed by atoms with Crippen LogP contribution in [0.3, 0.4) is 0 Å². The molecule has 3 aromatic rings. The summed E-state index contributed by atoms with van der Waals surface area (Å²) in [5, 5.41) is 7.60. The lowest BCUT2D eigenvalue weighted by atomic mass is 10.2. The summed E-state index contributed by atoms with van der Waals surface area (Å²) >= 11 is 2.96. The molecule has 0 saturated heterocycles. The predicted octanol–water partition coefficient (Wildman–Crippen LogP) is 3.80. The van der Waals surface area contributed by atoms with E-state index < -0.39 is 0 Å². The first-order valence-electron chi connectivity index (χ1n) is 5.36. The van der Waals surface area contributed by atoms with Crippen LogP contribution in [-0.2, 0) is 0 Å². The van der Waals surface area contributed by atoms with Crippen molar-refractivity contribution in [3.63, 3.8) is 0 Å². The highest BCUT2D eigenvalue weighted by molar-refractivity contribution is 7.21. The van der Waals surface area contributed by atoms with Crippen molar-refractivity contribution in [1.82, 2.24) is 0 Å². The molecule has 0 aliphatic carbocycles. The molecule has 0 fully saturated rings. The fourth-order valence-corrected chi connectivity index (χ4v) is 3.36. The van der Waals surface area contributed by atoms with Gasteiger partial charge < -0.3 is 11.1 Å². The van der Waals surface area contributed by atoms with Crippen molar-refractivity contribution in [2.75, 3.05) is 11.1 Å². The van der Waals surface area contributed by atoms with E-state index in [4.69, 9.17) is 5.73 Å². The lowest BCUT2D eigenvalue weighted by Crippen LogP contribution is -2.11.